The third-order valence-electron chi connectivity index (χ3n) is 3.14. The van der Waals surface area contributed by atoms with Crippen molar-refractivity contribution in [3.05, 3.63) is 0 Å². The number of hydrogen-bond donors (Lipinski definition) is 0. The second kappa shape index (κ2) is 4.31. The number of esters is 1. The summed E-state index contributed by atoms with van der Waals surface area (Å²) in [5.41, 5.74) is -0.478. The van der Waals surface area contributed by atoms with E-state index < -0.39 is 5.60 Å². The van der Waals surface area contributed by atoms with Gasteiger partial charge in [-0.2, -0.15) is 0 Å². The average Bonchev–Trinajstić information content (AvgIpc) is 2.91. The molecule has 2 aliphatic rings. The summed E-state index contributed by atoms with van der Waals surface area (Å²) >= 11 is 0. The Labute approximate surface area is 102 Å². The molecule has 0 N–H and O–H groups in total. The van der Waals surface area contributed by atoms with E-state index in [1.165, 1.54) is 0 Å². The van der Waals surface area contributed by atoms with E-state index in [2.05, 4.69) is 0 Å². The zero-order chi connectivity index (χ0) is 12.6. The van der Waals surface area contributed by atoms with E-state index in [-0.39, 0.29) is 23.8 Å². The summed E-state index contributed by atoms with van der Waals surface area (Å²) in [6.07, 6.45) is 3.61. The smallest absolute Gasteiger partial charge is 0.329 e. The molecule has 4 heteroatoms. The van der Waals surface area contributed by atoms with Gasteiger partial charge in [-0.3, -0.25) is 4.79 Å². The quantitative estimate of drug-likeness (QED) is 0.689. The lowest BCUT2D eigenvalue weighted by molar-refractivity contribution is -0.163. The number of amides is 1. The Kier molecular flexibility index (Phi) is 3.15. The third-order valence-corrected chi connectivity index (χ3v) is 3.14. The Morgan fingerprint density at radius 3 is 2.35 bits per heavy atom. The van der Waals surface area contributed by atoms with Gasteiger partial charge in [0.2, 0.25) is 5.91 Å². The molecule has 0 bridgehead atoms. The Hall–Kier alpha value is -1.06. The molecule has 1 unspecified atom stereocenters. The van der Waals surface area contributed by atoms with Crippen LogP contribution in [0, 0.1) is 5.92 Å². The molecule has 1 saturated heterocycles. The second-order valence-electron chi connectivity index (χ2n) is 6.00. The highest BCUT2D eigenvalue weighted by Gasteiger charge is 2.42. The van der Waals surface area contributed by atoms with Crippen LogP contribution in [-0.4, -0.2) is 35.0 Å². The number of hydrogen-bond acceptors (Lipinski definition) is 3. The fraction of sp³-hybridized carbons (Fsp3) is 0.846. The van der Waals surface area contributed by atoms with Crippen molar-refractivity contribution in [2.24, 2.45) is 5.92 Å². The Morgan fingerprint density at radius 2 is 1.82 bits per heavy atom. The zero-order valence-corrected chi connectivity index (χ0v) is 10.9. The molecular formula is C13H21NO3. The van der Waals surface area contributed by atoms with Gasteiger partial charge < -0.3 is 9.64 Å². The van der Waals surface area contributed by atoms with Crippen molar-refractivity contribution >= 4 is 11.9 Å². The maximum atomic E-state index is 12.0. The van der Waals surface area contributed by atoms with E-state index in [0.29, 0.717) is 6.54 Å². The van der Waals surface area contributed by atoms with Gasteiger partial charge in [0.25, 0.3) is 0 Å². The van der Waals surface area contributed by atoms with E-state index in [9.17, 15) is 9.59 Å². The van der Waals surface area contributed by atoms with Crippen molar-refractivity contribution in [3.63, 3.8) is 0 Å². The molecule has 0 radical (unpaired) electrons. The van der Waals surface area contributed by atoms with Crippen molar-refractivity contribution in [1.82, 2.24) is 4.90 Å². The maximum absolute atomic E-state index is 12.0. The van der Waals surface area contributed by atoms with Crippen molar-refractivity contribution < 1.29 is 14.3 Å². The SMILES string of the molecule is CC(C)(C)OC(=O)C1CCCN1C(=O)C1CC1. The predicted molar refractivity (Wildman–Crippen MR) is 63.3 cm³/mol. The van der Waals surface area contributed by atoms with Crippen molar-refractivity contribution in [1.29, 1.82) is 0 Å². The predicted octanol–water partition coefficient (Wildman–Crippen LogP) is 1.73. The minimum atomic E-state index is -0.478. The molecule has 1 heterocycles. The molecular weight excluding hydrogens is 218 g/mol. The summed E-state index contributed by atoms with van der Waals surface area (Å²) in [6.45, 7) is 6.27. The van der Waals surface area contributed by atoms with Crippen LogP contribution in [0.15, 0.2) is 0 Å². The lowest BCUT2D eigenvalue weighted by Crippen LogP contribution is -2.44. The highest BCUT2D eigenvalue weighted by molar-refractivity contribution is 5.87. The minimum absolute atomic E-state index is 0.151. The Bertz CT molecular complexity index is 328. The molecule has 96 valence electrons. The van der Waals surface area contributed by atoms with Gasteiger partial charge in [0.05, 0.1) is 0 Å². The summed E-state index contributed by atoms with van der Waals surface area (Å²) in [4.78, 5) is 25.7. The molecule has 0 aromatic heterocycles. The van der Waals surface area contributed by atoms with Gasteiger partial charge in [-0.15, -0.1) is 0 Å². The fourth-order valence-electron chi connectivity index (χ4n) is 2.21. The standard InChI is InChI=1S/C13H21NO3/c1-13(2,3)17-12(16)10-5-4-8-14(10)11(15)9-6-7-9/h9-10H,4-8H2,1-3H3. The van der Waals surface area contributed by atoms with Gasteiger partial charge in [0, 0.05) is 12.5 Å². The summed E-state index contributed by atoms with van der Waals surface area (Å²) < 4.78 is 5.37. The molecule has 1 aliphatic carbocycles. The average molecular weight is 239 g/mol. The zero-order valence-electron chi connectivity index (χ0n) is 10.9. The van der Waals surface area contributed by atoms with Crippen molar-refractivity contribution in [2.45, 2.75) is 58.1 Å². The summed E-state index contributed by atoms with van der Waals surface area (Å²) in [5.74, 6) is 0.0837. The van der Waals surface area contributed by atoms with Gasteiger partial charge in [0.15, 0.2) is 0 Å². The lowest BCUT2D eigenvalue weighted by Gasteiger charge is -2.27. The van der Waals surface area contributed by atoms with E-state index in [4.69, 9.17) is 4.74 Å². The third kappa shape index (κ3) is 2.99. The molecule has 1 saturated carbocycles. The molecule has 4 nitrogen and oxygen atoms in total. The number of ether oxygens (including phenoxy) is 1. The monoisotopic (exact) mass is 239 g/mol. The molecule has 0 aromatic rings. The first-order valence-electron chi connectivity index (χ1n) is 6.42. The van der Waals surface area contributed by atoms with E-state index in [1.54, 1.807) is 4.90 Å². The largest absolute Gasteiger partial charge is 0.458 e. The van der Waals surface area contributed by atoms with Crippen LogP contribution in [-0.2, 0) is 14.3 Å². The first-order valence-corrected chi connectivity index (χ1v) is 6.42. The van der Waals surface area contributed by atoms with Crippen LogP contribution >= 0.6 is 0 Å². The van der Waals surface area contributed by atoms with E-state index in [1.807, 2.05) is 20.8 Å². The number of rotatable bonds is 2. The molecule has 1 aliphatic heterocycles. The van der Waals surface area contributed by atoms with Crippen LogP contribution in [0.2, 0.25) is 0 Å². The number of likely N-dealkylation sites (tertiary alicyclic amines) is 1. The Balaban J connectivity index is 1.98. The highest BCUT2D eigenvalue weighted by atomic mass is 16.6. The molecule has 0 aromatic carbocycles. The molecule has 2 fully saturated rings. The van der Waals surface area contributed by atoms with Crippen LogP contribution in [0.1, 0.15) is 46.5 Å². The minimum Gasteiger partial charge on any atom is -0.458 e. The van der Waals surface area contributed by atoms with Gasteiger partial charge in [-0.1, -0.05) is 0 Å². The highest BCUT2D eigenvalue weighted by Crippen LogP contribution is 2.34. The number of carbonyl (C=O) groups is 2. The van der Waals surface area contributed by atoms with E-state index >= 15 is 0 Å². The van der Waals surface area contributed by atoms with Gasteiger partial charge in [0.1, 0.15) is 11.6 Å². The van der Waals surface area contributed by atoms with Crippen LogP contribution in [0.5, 0.6) is 0 Å². The van der Waals surface area contributed by atoms with Crippen LogP contribution < -0.4 is 0 Å². The van der Waals surface area contributed by atoms with Crippen molar-refractivity contribution in [3.8, 4) is 0 Å². The molecule has 2 rings (SSSR count). The number of nitrogens with zero attached hydrogens (tertiary/aromatic N) is 1. The summed E-state index contributed by atoms with van der Waals surface area (Å²) in [7, 11) is 0. The van der Waals surface area contributed by atoms with Gasteiger partial charge in [-0.25, -0.2) is 4.79 Å². The van der Waals surface area contributed by atoms with Crippen molar-refractivity contribution in [2.75, 3.05) is 6.54 Å². The maximum Gasteiger partial charge on any atom is 0.329 e. The summed E-state index contributed by atoms with van der Waals surface area (Å²) in [5, 5.41) is 0. The Morgan fingerprint density at radius 1 is 1.18 bits per heavy atom. The van der Waals surface area contributed by atoms with Gasteiger partial charge in [-0.05, 0) is 46.5 Å². The summed E-state index contributed by atoms with van der Waals surface area (Å²) in [6, 6.07) is -0.345. The first kappa shape index (κ1) is 12.4. The van der Waals surface area contributed by atoms with E-state index in [0.717, 1.165) is 25.7 Å². The molecule has 1 atom stereocenters. The van der Waals surface area contributed by atoms with Crippen LogP contribution in [0.3, 0.4) is 0 Å². The molecule has 1 amide bonds. The number of carbonyl (C=O) groups excluding carboxylic acids is 2. The lowest BCUT2D eigenvalue weighted by atomic mass is 10.1. The first-order chi connectivity index (χ1) is 7.88. The second-order valence-corrected chi connectivity index (χ2v) is 6.00. The van der Waals surface area contributed by atoms with Crippen LogP contribution in [0.4, 0.5) is 0 Å². The fourth-order valence-corrected chi connectivity index (χ4v) is 2.21. The molecule has 17 heavy (non-hydrogen) atoms. The normalized spacial score (nSPS) is 24.9. The topological polar surface area (TPSA) is 46.6 Å². The van der Waals surface area contributed by atoms with Gasteiger partial charge >= 0.3 is 5.97 Å². The molecule has 0 spiro atoms. The van der Waals surface area contributed by atoms with Crippen LogP contribution in [0.25, 0.3) is 0 Å².